The van der Waals surface area contributed by atoms with Crippen molar-refractivity contribution >= 4 is 17.4 Å². The molecule has 0 bridgehead atoms. The minimum Gasteiger partial charge on any atom is -0.340 e. The smallest absolute Gasteiger partial charge is 0.272 e. The summed E-state index contributed by atoms with van der Waals surface area (Å²) in [6.45, 7) is 5.15. The lowest BCUT2D eigenvalue weighted by Gasteiger charge is -2.20. The number of aryl methyl sites for hydroxylation is 1. The SMILES string of the molecule is CCN(Cc1ccccc1)C(=O)c1cc(Nc2ccccc2C)ncn1. The molecule has 1 heterocycles. The van der Waals surface area contributed by atoms with E-state index in [-0.39, 0.29) is 5.91 Å². The number of carbonyl (C=O) groups excluding carboxylic acids is 1. The van der Waals surface area contributed by atoms with Gasteiger partial charge in [-0.3, -0.25) is 4.79 Å². The summed E-state index contributed by atoms with van der Waals surface area (Å²) in [5, 5.41) is 3.25. The molecule has 3 aromatic rings. The fourth-order valence-electron chi connectivity index (χ4n) is 2.69. The first kappa shape index (κ1) is 17.6. The number of aromatic nitrogens is 2. The summed E-state index contributed by atoms with van der Waals surface area (Å²) in [7, 11) is 0. The van der Waals surface area contributed by atoms with Crippen molar-refractivity contribution in [3.63, 3.8) is 0 Å². The van der Waals surface area contributed by atoms with Gasteiger partial charge in [0.1, 0.15) is 17.8 Å². The molecule has 0 radical (unpaired) electrons. The molecule has 132 valence electrons. The van der Waals surface area contributed by atoms with Crippen LogP contribution in [0.4, 0.5) is 11.5 Å². The minimum absolute atomic E-state index is 0.105. The van der Waals surface area contributed by atoms with Gasteiger partial charge in [0.05, 0.1) is 0 Å². The van der Waals surface area contributed by atoms with Crippen LogP contribution in [0.15, 0.2) is 67.0 Å². The van der Waals surface area contributed by atoms with Crippen molar-refractivity contribution in [1.29, 1.82) is 0 Å². The van der Waals surface area contributed by atoms with Crippen LogP contribution in [0.5, 0.6) is 0 Å². The highest BCUT2D eigenvalue weighted by atomic mass is 16.2. The first-order valence-corrected chi connectivity index (χ1v) is 8.65. The second kappa shape index (κ2) is 8.25. The Morgan fingerprint density at radius 3 is 2.50 bits per heavy atom. The lowest BCUT2D eigenvalue weighted by Crippen LogP contribution is -2.31. The van der Waals surface area contributed by atoms with Crippen molar-refractivity contribution in [3.05, 3.63) is 83.8 Å². The van der Waals surface area contributed by atoms with Crippen molar-refractivity contribution in [1.82, 2.24) is 14.9 Å². The molecule has 0 saturated carbocycles. The lowest BCUT2D eigenvalue weighted by molar-refractivity contribution is 0.0746. The maximum atomic E-state index is 12.9. The van der Waals surface area contributed by atoms with E-state index in [0.29, 0.717) is 24.6 Å². The Balaban J connectivity index is 1.77. The topological polar surface area (TPSA) is 58.1 Å². The van der Waals surface area contributed by atoms with Gasteiger partial charge in [-0.25, -0.2) is 9.97 Å². The van der Waals surface area contributed by atoms with Crippen LogP contribution in [0.25, 0.3) is 0 Å². The number of nitrogens with one attached hydrogen (secondary N) is 1. The predicted molar refractivity (Wildman–Crippen MR) is 103 cm³/mol. The van der Waals surface area contributed by atoms with Crippen LogP contribution in [0.1, 0.15) is 28.5 Å². The monoisotopic (exact) mass is 346 g/mol. The van der Waals surface area contributed by atoms with E-state index in [4.69, 9.17) is 0 Å². The molecule has 2 aromatic carbocycles. The molecule has 0 saturated heterocycles. The van der Waals surface area contributed by atoms with Crippen LogP contribution in [0, 0.1) is 6.92 Å². The van der Waals surface area contributed by atoms with E-state index in [1.807, 2.05) is 68.4 Å². The van der Waals surface area contributed by atoms with Crippen molar-refractivity contribution in [3.8, 4) is 0 Å². The van der Waals surface area contributed by atoms with E-state index in [1.165, 1.54) is 6.33 Å². The highest BCUT2D eigenvalue weighted by molar-refractivity contribution is 5.93. The van der Waals surface area contributed by atoms with Crippen molar-refractivity contribution in [2.24, 2.45) is 0 Å². The number of carbonyl (C=O) groups is 1. The van der Waals surface area contributed by atoms with Crippen LogP contribution in [-0.2, 0) is 6.54 Å². The van der Waals surface area contributed by atoms with Gasteiger partial charge in [-0.1, -0.05) is 48.5 Å². The Kier molecular flexibility index (Phi) is 5.59. The Morgan fingerprint density at radius 2 is 1.77 bits per heavy atom. The normalized spacial score (nSPS) is 10.4. The second-order valence-electron chi connectivity index (χ2n) is 6.03. The molecule has 3 rings (SSSR count). The zero-order valence-corrected chi connectivity index (χ0v) is 15.0. The van der Waals surface area contributed by atoms with Crippen molar-refractivity contribution < 1.29 is 4.79 Å². The minimum atomic E-state index is -0.105. The van der Waals surface area contributed by atoms with Gasteiger partial charge >= 0.3 is 0 Å². The number of rotatable bonds is 6. The van der Waals surface area contributed by atoms with E-state index in [9.17, 15) is 4.79 Å². The molecular weight excluding hydrogens is 324 g/mol. The molecule has 0 atom stereocenters. The Morgan fingerprint density at radius 1 is 1.04 bits per heavy atom. The summed E-state index contributed by atoms with van der Waals surface area (Å²) in [5.74, 6) is 0.500. The third-order valence-electron chi connectivity index (χ3n) is 4.18. The molecule has 5 heteroatoms. The molecule has 0 aliphatic heterocycles. The molecule has 0 aliphatic rings. The molecule has 5 nitrogen and oxygen atoms in total. The molecule has 0 fully saturated rings. The molecule has 1 amide bonds. The Labute approximate surface area is 153 Å². The first-order chi connectivity index (χ1) is 12.7. The van der Waals surface area contributed by atoms with E-state index < -0.39 is 0 Å². The van der Waals surface area contributed by atoms with Crippen molar-refractivity contribution in [2.75, 3.05) is 11.9 Å². The van der Waals surface area contributed by atoms with Crippen LogP contribution in [-0.4, -0.2) is 27.3 Å². The van der Waals surface area contributed by atoms with Crippen LogP contribution < -0.4 is 5.32 Å². The summed E-state index contributed by atoms with van der Waals surface area (Å²) in [5.41, 5.74) is 3.54. The Bertz CT molecular complexity index is 880. The molecule has 0 aliphatic carbocycles. The second-order valence-corrected chi connectivity index (χ2v) is 6.03. The number of benzene rings is 2. The molecule has 26 heavy (non-hydrogen) atoms. The summed E-state index contributed by atoms with van der Waals surface area (Å²) in [6.07, 6.45) is 1.42. The number of para-hydroxylation sites is 1. The average molecular weight is 346 g/mol. The van der Waals surface area contributed by atoms with Crippen LogP contribution >= 0.6 is 0 Å². The van der Waals surface area contributed by atoms with Crippen molar-refractivity contribution in [2.45, 2.75) is 20.4 Å². The highest BCUT2D eigenvalue weighted by Crippen LogP contribution is 2.19. The van der Waals surface area contributed by atoms with Gasteiger partial charge in [0, 0.05) is 24.8 Å². The lowest BCUT2D eigenvalue weighted by atomic mass is 10.2. The quantitative estimate of drug-likeness (QED) is 0.727. The van der Waals surface area contributed by atoms with Gasteiger partial charge in [-0.2, -0.15) is 0 Å². The fourth-order valence-corrected chi connectivity index (χ4v) is 2.69. The van der Waals surface area contributed by atoms with Gasteiger partial charge in [0.2, 0.25) is 0 Å². The highest BCUT2D eigenvalue weighted by Gasteiger charge is 2.17. The van der Waals surface area contributed by atoms with E-state index in [0.717, 1.165) is 16.8 Å². The third kappa shape index (κ3) is 4.25. The van der Waals surface area contributed by atoms with Gasteiger partial charge in [-0.05, 0) is 31.0 Å². The van der Waals surface area contributed by atoms with E-state index >= 15 is 0 Å². The number of hydrogen-bond acceptors (Lipinski definition) is 4. The summed E-state index contributed by atoms with van der Waals surface area (Å²) >= 11 is 0. The van der Waals surface area contributed by atoms with Gasteiger partial charge in [0.25, 0.3) is 5.91 Å². The van der Waals surface area contributed by atoms with Gasteiger partial charge in [0.15, 0.2) is 0 Å². The van der Waals surface area contributed by atoms with Crippen LogP contribution in [0.2, 0.25) is 0 Å². The Hall–Kier alpha value is -3.21. The first-order valence-electron chi connectivity index (χ1n) is 8.65. The number of amides is 1. The zero-order valence-electron chi connectivity index (χ0n) is 15.0. The summed E-state index contributed by atoms with van der Waals surface area (Å²) in [4.78, 5) is 23.0. The van der Waals surface area contributed by atoms with E-state index in [1.54, 1.807) is 11.0 Å². The largest absolute Gasteiger partial charge is 0.340 e. The zero-order chi connectivity index (χ0) is 18.4. The summed E-state index contributed by atoms with van der Waals surface area (Å²) in [6, 6.07) is 19.6. The molecule has 1 N–H and O–H groups in total. The maximum absolute atomic E-state index is 12.9. The van der Waals surface area contributed by atoms with E-state index in [2.05, 4.69) is 15.3 Å². The summed E-state index contributed by atoms with van der Waals surface area (Å²) < 4.78 is 0. The predicted octanol–water partition coefficient (Wildman–Crippen LogP) is 4.19. The van der Waals surface area contributed by atoms with Gasteiger partial charge in [-0.15, -0.1) is 0 Å². The standard InChI is InChI=1S/C21H22N4O/c1-3-25(14-17-10-5-4-6-11-17)21(26)19-13-20(23-15-22-19)24-18-12-8-7-9-16(18)2/h4-13,15H,3,14H2,1-2H3,(H,22,23,24). The molecule has 0 spiro atoms. The van der Waals surface area contributed by atoms with Gasteiger partial charge < -0.3 is 10.2 Å². The number of hydrogen-bond donors (Lipinski definition) is 1. The number of anilines is 2. The molecule has 1 aromatic heterocycles. The number of nitrogens with zero attached hydrogens (tertiary/aromatic N) is 3. The fraction of sp³-hybridized carbons (Fsp3) is 0.190. The molecule has 0 unspecified atom stereocenters. The molecular formula is C21H22N4O. The average Bonchev–Trinajstić information content (AvgIpc) is 2.68. The third-order valence-corrected chi connectivity index (χ3v) is 4.18. The maximum Gasteiger partial charge on any atom is 0.272 e. The van der Waals surface area contributed by atoms with Crippen LogP contribution in [0.3, 0.4) is 0 Å².